The van der Waals surface area contributed by atoms with Crippen molar-refractivity contribution in [3.05, 3.63) is 102 Å². The van der Waals surface area contributed by atoms with Gasteiger partial charge in [-0.05, 0) is 105 Å². The molecule has 1 saturated heterocycles. The third-order valence-electron chi connectivity index (χ3n) is 14.2. The zero-order valence-corrected chi connectivity index (χ0v) is 38.7. The molecule has 2 saturated carbocycles. The van der Waals surface area contributed by atoms with Crippen molar-refractivity contribution in [3.63, 3.8) is 0 Å². The molecule has 3 fully saturated rings. The average Bonchev–Trinajstić information content (AvgIpc) is 3.84. The van der Waals surface area contributed by atoms with E-state index in [1.165, 1.54) is 4.90 Å². The number of carbonyl (C=O) groups is 6. The number of imide groups is 1. The van der Waals surface area contributed by atoms with Crippen LogP contribution in [-0.2, 0) is 36.8 Å². The predicted molar refractivity (Wildman–Crippen MR) is 258 cm³/mol. The minimum Gasteiger partial charge on any atom is -0.343 e. The second-order valence-electron chi connectivity index (χ2n) is 19.1. The summed E-state index contributed by atoms with van der Waals surface area (Å²) in [7, 11) is 0. The summed E-state index contributed by atoms with van der Waals surface area (Å²) in [6, 6.07) is 20.2. The molecule has 66 heavy (non-hydrogen) atoms. The number of hydrogen-bond acceptors (Lipinski definition) is 10. The second kappa shape index (κ2) is 25.2. The van der Waals surface area contributed by atoms with E-state index in [-0.39, 0.29) is 30.9 Å². The van der Waals surface area contributed by atoms with E-state index in [2.05, 4.69) is 5.32 Å². The molecule has 3 aromatic carbocycles. The Morgan fingerprint density at radius 1 is 0.652 bits per heavy atom. The van der Waals surface area contributed by atoms with Crippen molar-refractivity contribution >= 4 is 40.9 Å². The van der Waals surface area contributed by atoms with Crippen molar-refractivity contribution in [2.75, 3.05) is 18.0 Å². The first kappa shape index (κ1) is 50.3. The maximum atomic E-state index is 15.2. The Balaban J connectivity index is 1.28. The molecule has 356 valence electrons. The van der Waals surface area contributed by atoms with Gasteiger partial charge in [0.1, 0.15) is 6.04 Å². The van der Waals surface area contributed by atoms with Crippen LogP contribution in [0.25, 0.3) is 0 Å². The predicted octanol–water partition coefficient (Wildman–Crippen LogP) is 5.93. The molecule has 0 bridgehead atoms. The smallest absolute Gasteiger partial charge is 0.265 e. The number of unbranched alkanes of at least 4 members (excludes halogenated alkanes) is 1. The Kier molecular flexibility index (Phi) is 19.2. The zero-order valence-electron chi connectivity index (χ0n) is 38.7. The summed E-state index contributed by atoms with van der Waals surface area (Å²) in [5, 5.41) is 2.90. The SMILES string of the molecule is NCCCC[C@H](NC(=O)[C@@H](N)Cc1ccccc1)C(=O)N1CCC[C@H]1C(=O)C(Cc1ccccc1C(=O)N(C(=O)[C@@H](N)CC1CCCCC1)c1ccccc1)C(=O)[C@H](N)CC1CCCCC1. The van der Waals surface area contributed by atoms with Crippen molar-refractivity contribution in [1.82, 2.24) is 10.2 Å². The molecule has 13 heteroatoms. The van der Waals surface area contributed by atoms with Crippen LogP contribution in [0.2, 0.25) is 0 Å². The number of carbonyl (C=O) groups excluding carboxylic acids is 6. The topological polar surface area (TPSA) is 225 Å². The first-order chi connectivity index (χ1) is 32.0. The summed E-state index contributed by atoms with van der Waals surface area (Å²) < 4.78 is 0. The van der Waals surface area contributed by atoms with Gasteiger partial charge in [-0.1, -0.05) is 131 Å². The van der Waals surface area contributed by atoms with Gasteiger partial charge in [-0.15, -0.1) is 0 Å². The van der Waals surface area contributed by atoms with Crippen molar-refractivity contribution in [1.29, 1.82) is 0 Å². The number of nitrogens with two attached hydrogens (primary N) is 4. The monoisotopic (exact) mass is 904 g/mol. The number of para-hydroxylation sites is 1. The van der Waals surface area contributed by atoms with Crippen LogP contribution in [0.3, 0.4) is 0 Å². The van der Waals surface area contributed by atoms with E-state index in [4.69, 9.17) is 22.9 Å². The van der Waals surface area contributed by atoms with E-state index in [1.807, 2.05) is 30.3 Å². The number of benzene rings is 3. The number of ketones is 2. The van der Waals surface area contributed by atoms with Crippen molar-refractivity contribution in [3.8, 4) is 0 Å². The highest BCUT2D eigenvalue weighted by Gasteiger charge is 2.44. The number of Topliss-reactive ketones (excluding diaryl/α,β-unsaturated/α-hetero) is 2. The highest BCUT2D eigenvalue weighted by atomic mass is 16.2. The third kappa shape index (κ3) is 13.5. The van der Waals surface area contributed by atoms with Crippen molar-refractivity contribution < 1.29 is 28.8 Å². The van der Waals surface area contributed by atoms with Crippen LogP contribution in [-0.4, -0.2) is 83.4 Å². The molecule has 0 aromatic heterocycles. The third-order valence-corrected chi connectivity index (χ3v) is 14.2. The van der Waals surface area contributed by atoms with Gasteiger partial charge in [-0.3, -0.25) is 28.8 Å². The largest absolute Gasteiger partial charge is 0.343 e. The van der Waals surface area contributed by atoms with Crippen LogP contribution in [0.4, 0.5) is 5.69 Å². The van der Waals surface area contributed by atoms with Gasteiger partial charge in [0.05, 0.1) is 35.8 Å². The molecule has 13 nitrogen and oxygen atoms in total. The molecule has 2 aliphatic carbocycles. The van der Waals surface area contributed by atoms with Gasteiger partial charge >= 0.3 is 0 Å². The van der Waals surface area contributed by atoms with Crippen molar-refractivity contribution in [2.24, 2.45) is 40.7 Å². The molecule has 1 heterocycles. The number of nitrogens with one attached hydrogen (secondary N) is 1. The Morgan fingerprint density at radius 2 is 1.24 bits per heavy atom. The minimum atomic E-state index is -1.30. The summed E-state index contributed by atoms with van der Waals surface area (Å²) in [5.74, 6) is -3.65. The highest BCUT2D eigenvalue weighted by Crippen LogP contribution is 2.32. The fourth-order valence-electron chi connectivity index (χ4n) is 10.5. The van der Waals surface area contributed by atoms with E-state index in [1.54, 1.807) is 54.6 Å². The summed E-state index contributed by atoms with van der Waals surface area (Å²) >= 11 is 0. The van der Waals surface area contributed by atoms with E-state index >= 15 is 4.79 Å². The van der Waals surface area contributed by atoms with Crippen LogP contribution in [0.1, 0.15) is 131 Å². The quantitative estimate of drug-likeness (QED) is 0.0591. The molecular formula is C53H73N7O6. The molecular weight excluding hydrogens is 831 g/mol. The summed E-state index contributed by atoms with van der Waals surface area (Å²) in [6.07, 6.45) is 13.8. The lowest BCUT2D eigenvalue weighted by Gasteiger charge is -2.32. The molecule has 6 rings (SSSR count). The lowest BCUT2D eigenvalue weighted by atomic mass is 9.79. The molecule has 3 aliphatic rings. The molecule has 1 unspecified atom stereocenters. The Labute approximate surface area is 391 Å². The van der Waals surface area contributed by atoms with Gasteiger partial charge in [0.25, 0.3) is 11.8 Å². The number of amides is 4. The van der Waals surface area contributed by atoms with E-state index in [9.17, 15) is 24.0 Å². The Bertz CT molecular complexity index is 2070. The fraction of sp³-hybridized carbons (Fsp3) is 0.547. The molecule has 9 N–H and O–H groups in total. The normalized spacial score (nSPS) is 19.3. The van der Waals surface area contributed by atoms with Gasteiger partial charge in [0, 0.05) is 12.1 Å². The van der Waals surface area contributed by atoms with E-state index < -0.39 is 71.3 Å². The molecule has 1 aliphatic heterocycles. The minimum absolute atomic E-state index is 0.160. The molecule has 0 radical (unpaired) electrons. The summed E-state index contributed by atoms with van der Waals surface area (Å²) in [6.45, 7) is 0.667. The van der Waals surface area contributed by atoms with Crippen LogP contribution >= 0.6 is 0 Å². The number of hydrogen-bond donors (Lipinski definition) is 5. The van der Waals surface area contributed by atoms with Gasteiger partial charge in [-0.25, -0.2) is 4.90 Å². The van der Waals surface area contributed by atoms with Crippen LogP contribution in [0.5, 0.6) is 0 Å². The molecule has 6 atom stereocenters. The van der Waals surface area contributed by atoms with Crippen LogP contribution < -0.4 is 33.2 Å². The van der Waals surface area contributed by atoms with E-state index in [0.717, 1.165) is 74.7 Å². The second-order valence-corrected chi connectivity index (χ2v) is 19.1. The first-order valence-electron chi connectivity index (χ1n) is 24.7. The highest BCUT2D eigenvalue weighted by molar-refractivity contribution is 6.23. The average molecular weight is 904 g/mol. The van der Waals surface area contributed by atoms with Gasteiger partial charge in [0.15, 0.2) is 11.6 Å². The number of likely N-dealkylation sites (tertiary alicyclic amines) is 1. The fourth-order valence-corrected chi connectivity index (χ4v) is 10.5. The Morgan fingerprint density at radius 3 is 1.88 bits per heavy atom. The van der Waals surface area contributed by atoms with Gasteiger partial charge in [0.2, 0.25) is 11.8 Å². The molecule has 4 amide bonds. The zero-order chi connectivity index (χ0) is 47.0. The maximum absolute atomic E-state index is 15.2. The lowest BCUT2D eigenvalue weighted by Crippen LogP contribution is -2.56. The summed E-state index contributed by atoms with van der Waals surface area (Å²) in [4.78, 5) is 90.0. The van der Waals surface area contributed by atoms with Crippen LogP contribution in [0.15, 0.2) is 84.9 Å². The standard InChI is InChI=1S/C53H73N7O6/c54-30-16-15-28-46(58-50(63)44(56)33-37-20-7-2-8-21-37)53(66)59-31-17-29-47(59)49(62)42(48(61)43(55)32-36-18-5-1-6-19-36)35-39-24-13-14-27-41(39)51(64)60(40-25-11-4-12-26-40)52(65)45(57)34-38-22-9-3-10-23-38/h2,4,7-8,11-14,20-21,24-27,36,38,42-47H,1,3,5-6,9-10,15-19,22-23,28-35,54-57H2,(H,58,63)/t42?,43-,44+,45+,46+,47+/m1/s1. The Hall–Kier alpha value is -5.08. The molecule has 3 aromatic rings. The number of anilines is 1. The van der Waals surface area contributed by atoms with E-state index in [0.29, 0.717) is 68.7 Å². The first-order valence-corrected chi connectivity index (χ1v) is 24.7. The lowest BCUT2D eigenvalue weighted by molar-refractivity contribution is -0.144. The van der Waals surface area contributed by atoms with Crippen LogP contribution in [0, 0.1) is 17.8 Å². The number of rotatable bonds is 22. The number of nitrogens with zero attached hydrogens (tertiary/aromatic N) is 2. The summed E-state index contributed by atoms with van der Waals surface area (Å²) in [5.41, 5.74) is 27.4. The van der Waals surface area contributed by atoms with Gasteiger partial charge in [-0.2, -0.15) is 0 Å². The van der Waals surface area contributed by atoms with Gasteiger partial charge < -0.3 is 33.2 Å². The van der Waals surface area contributed by atoms with Crippen molar-refractivity contribution in [2.45, 2.75) is 152 Å². The maximum Gasteiger partial charge on any atom is 0.265 e. The molecule has 0 spiro atoms.